The van der Waals surface area contributed by atoms with E-state index in [0.717, 1.165) is 34.4 Å². The molecule has 0 fully saturated rings. The number of fused-ring (bicyclic) bond motifs is 1. The largest absolute Gasteiger partial charge is 0.391 e. The number of hydrogen-bond donors (Lipinski definition) is 2. The highest BCUT2D eigenvalue weighted by atomic mass is 32.2. The van der Waals surface area contributed by atoms with Crippen LogP contribution in [-0.2, 0) is 40.6 Å². The minimum Gasteiger partial charge on any atom is -0.391 e. The summed E-state index contributed by atoms with van der Waals surface area (Å²) in [6, 6.07) is 25.3. The molecule has 7 nitrogen and oxygen atoms in total. The molecule has 0 saturated heterocycles. The molecular weight excluding hydrogens is 534 g/mol. The number of carbonyl (C=O) groups is 1. The number of pyridine rings is 1. The van der Waals surface area contributed by atoms with Gasteiger partial charge >= 0.3 is 0 Å². The van der Waals surface area contributed by atoms with Gasteiger partial charge in [0, 0.05) is 30.4 Å². The van der Waals surface area contributed by atoms with Crippen LogP contribution in [0.4, 0.5) is 5.69 Å². The molecule has 2 unspecified atom stereocenters. The molecule has 2 atom stereocenters. The van der Waals surface area contributed by atoms with Gasteiger partial charge in [0.1, 0.15) is 0 Å². The van der Waals surface area contributed by atoms with Gasteiger partial charge < -0.3 is 10.0 Å². The van der Waals surface area contributed by atoms with Gasteiger partial charge in [-0.1, -0.05) is 61.5 Å². The SMILES string of the molecule is CCc1ccc(S(=O)(=O)NC2c3cc(N(Cc4ccc(C)nc4)C(=O)CCc4ccccc4)ccc3CC2O)cc1. The Hall–Kier alpha value is -3.85. The molecule has 0 aliphatic heterocycles. The number of aliphatic hydroxyl groups excluding tert-OH is 1. The number of hydrogen-bond acceptors (Lipinski definition) is 5. The Balaban J connectivity index is 1.43. The maximum Gasteiger partial charge on any atom is 0.241 e. The summed E-state index contributed by atoms with van der Waals surface area (Å²) in [5.74, 6) is -0.0546. The highest BCUT2D eigenvalue weighted by Crippen LogP contribution is 2.36. The van der Waals surface area contributed by atoms with Gasteiger partial charge in [-0.15, -0.1) is 0 Å². The maximum absolute atomic E-state index is 13.6. The molecule has 0 spiro atoms. The van der Waals surface area contributed by atoms with Crippen LogP contribution in [0.5, 0.6) is 0 Å². The molecule has 0 saturated carbocycles. The minimum atomic E-state index is -3.88. The Labute approximate surface area is 241 Å². The van der Waals surface area contributed by atoms with Crippen LogP contribution in [0.2, 0.25) is 0 Å². The number of carbonyl (C=O) groups excluding carboxylic acids is 1. The number of aryl methyl sites for hydroxylation is 3. The van der Waals surface area contributed by atoms with Crippen molar-refractivity contribution in [3.05, 3.63) is 125 Å². The molecule has 5 rings (SSSR count). The summed E-state index contributed by atoms with van der Waals surface area (Å²) in [6.07, 6.45) is 2.89. The standard InChI is InChI=1S/C33H35N3O4S/c1-3-24-11-16-29(17-12-24)41(39,40)35-33-30-20-28(15-14-27(30)19-31(33)37)36(22-26-10-9-23(2)34-21-26)32(38)18-13-25-7-5-4-6-8-25/h4-12,14-17,20-21,31,33,35,37H,3,13,18-19,22H2,1-2H3. The molecule has 0 bridgehead atoms. The van der Waals surface area contributed by atoms with Crippen LogP contribution in [0.15, 0.2) is 96.0 Å². The van der Waals surface area contributed by atoms with Gasteiger partial charge in [-0.25, -0.2) is 13.1 Å². The number of anilines is 1. The number of nitrogens with zero attached hydrogens (tertiary/aromatic N) is 2. The third-order valence-electron chi connectivity index (χ3n) is 7.60. The van der Waals surface area contributed by atoms with Crippen molar-refractivity contribution < 1.29 is 18.3 Å². The van der Waals surface area contributed by atoms with E-state index in [1.165, 1.54) is 0 Å². The molecule has 4 aromatic rings. The Morgan fingerprint density at radius 2 is 1.71 bits per heavy atom. The van der Waals surface area contributed by atoms with E-state index in [1.807, 2.05) is 74.5 Å². The van der Waals surface area contributed by atoms with Crippen LogP contribution in [0.3, 0.4) is 0 Å². The Bertz CT molecular complexity index is 1610. The van der Waals surface area contributed by atoms with Crippen molar-refractivity contribution in [2.24, 2.45) is 0 Å². The van der Waals surface area contributed by atoms with Crippen molar-refractivity contribution in [3.8, 4) is 0 Å². The topological polar surface area (TPSA) is 99.6 Å². The van der Waals surface area contributed by atoms with E-state index in [2.05, 4.69) is 9.71 Å². The van der Waals surface area contributed by atoms with E-state index in [-0.39, 0.29) is 10.8 Å². The van der Waals surface area contributed by atoms with Gasteiger partial charge in [0.25, 0.3) is 0 Å². The van der Waals surface area contributed by atoms with Crippen molar-refractivity contribution >= 4 is 21.6 Å². The maximum atomic E-state index is 13.6. The Morgan fingerprint density at radius 3 is 2.39 bits per heavy atom. The van der Waals surface area contributed by atoms with Crippen LogP contribution in [0, 0.1) is 6.92 Å². The van der Waals surface area contributed by atoms with E-state index >= 15 is 0 Å². The van der Waals surface area contributed by atoms with Crippen molar-refractivity contribution in [1.82, 2.24) is 9.71 Å². The van der Waals surface area contributed by atoms with Crippen molar-refractivity contribution in [3.63, 3.8) is 0 Å². The van der Waals surface area contributed by atoms with E-state index in [9.17, 15) is 18.3 Å². The average molecular weight is 570 g/mol. The number of amides is 1. The van der Waals surface area contributed by atoms with Crippen LogP contribution in [0.1, 0.15) is 52.9 Å². The third kappa shape index (κ3) is 6.73. The minimum absolute atomic E-state index is 0.0546. The number of rotatable bonds is 10. The average Bonchev–Trinajstić information content (AvgIpc) is 3.29. The van der Waals surface area contributed by atoms with Crippen LogP contribution in [0.25, 0.3) is 0 Å². The molecule has 1 heterocycles. The molecule has 1 aliphatic carbocycles. The monoisotopic (exact) mass is 569 g/mol. The highest BCUT2D eigenvalue weighted by Gasteiger charge is 2.35. The van der Waals surface area contributed by atoms with E-state index < -0.39 is 22.2 Å². The summed E-state index contributed by atoms with van der Waals surface area (Å²) in [6.45, 7) is 4.25. The predicted octanol–water partition coefficient (Wildman–Crippen LogP) is 5.06. The molecule has 41 heavy (non-hydrogen) atoms. The molecule has 1 aliphatic rings. The van der Waals surface area contributed by atoms with Crippen LogP contribution >= 0.6 is 0 Å². The highest BCUT2D eigenvalue weighted by molar-refractivity contribution is 7.89. The fourth-order valence-electron chi connectivity index (χ4n) is 5.19. The zero-order valence-corrected chi connectivity index (χ0v) is 24.1. The summed E-state index contributed by atoms with van der Waals surface area (Å²) >= 11 is 0. The number of aromatic nitrogens is 1. The molecule has 8 heteroatoms. The van der Waals surface area contributed by atoms with Gasteiger partial charge in [-0.05, 0) is 77.9 Å². The summed E-state index contributed by atoms with van der Waals surface area (Å²) in [7, 11) is -3.88. The summed E-state index contributed by atoms with van der Waals surface area (Å²) in [4.78, 5) is 19.9. The second-order valence-electron chi connectivity index (χ2n) is 10.5. The van der Waals surface area contributed by atoms with Gasteiger partial charge in [-0.2, -0.15) is 0 Å². The third-order valence-corrected chi connectivity index (χ3v) is 9.06. The number of benzene rings is 3. The number of nitrogens with one attached hydrogen (secondary N) is 1. The van der Waals surface area contributed by atoms with Crippen molar-refractivity contribution in [1.29, 1.82) is 0 Å². The zero-order chi connectivity index (χ0) is 29.0. The van der Waals surface area contributed by atoms with E-state index in [1.54, 1.807) is 35.4 Å². The van der Waals surface area contributed by atoms with Crippen molar-refractivity contribution in [2.45, 2.75) is 63.1 Å². The molecule has 0 radical (unpaired) electrons. The molecular formula is C33H35N3O4S. The molecule has 3 aromatic carbocycles. The number of sulfonamides is 1. The summed E-state index contributed by atoms with van der Waals surface area (Å²) in [5, 5.41) is 10.9. The lowest BCUT2D eigenvalue weighted by atomic mass is 10.1. The van der Waals surface area contributed by atoms with Crippen LogP contribution < -0.4 is 9.62 Å². The predicted molar refractivity (Wildman–Crippen MR) is 160 cm³/mol. The lowest BCUT2D eigenvalue weighted by molar-refractivity contribution is -0.118. The first-order valence-corrected chi connectivity index (χ1v) is 15.4. The molecule has 1 amide bonds. The normalized spacial score (nSPS) is 16.4. The van der Waals surface area contributed by atoms with Gasteiger partial charge in [-0.3, -0.25) is 9.78 Å². The van der Waals surface area contributed by atoms with Gasteiger partial charge in [0.15, 0.2) is 0 Å². The molecule has 212 valence electrons. The Morgan fingerprint density at radius 1 is 0.976 bits per heavy atom. The van der Waals surface area contributed by atoms with Gasteiger partial charge in [0.2, 0.25) is 15.9 Å². The van der Waals surface area contributed by atoms with Gasteiger partial charge in [0.05, 0.1) is 23.6 Å². The molecule has 1 aromatic heterocycles. The number of aliphatic hydroxyl groups is 1. The molecule has 2 N–H and O–H groups in total. The fourth-order valence-corrected chi connectivity index (χ4v) is 6.44. The second-order valence-corrected chi connectivity index (χ2v) is 12.2. The first-order valence-electron chi connectivity index (χ1n) is 13.9. The Kier molecular flexibility index (Phi) is 8.63. The van der Waals surface area contributed by atoms with Crippen molar-refractivity contribution in [2.75, 3.05) is 4.90 Å². The van der Waals surface area contributed by atoms with E-state index in [0.29, 0.717) is 37.1 Å². The fraction of sp³-hybridized carbons (Fsp3) is 0.273. The zero-order valence-electron chi connectivity index (χ0n) is 23.3. The summed E-state index contributed by atoms with van der Waals surface area (Å²) in [5.41, 5.74) is 6.07. The van der Waals surface area contributed by atoms with E-state index in [4.69, 9.17) is 0 Å². The first-order chi connectivity index (χ1) is 19.7. The first kappa shape index (κ1) is 28.7. The lowest BCUT2D eigenvalue weighted by Crippen LogP contribution is -2.34. The second kappa shape index (κ2) is 12.3. The smallest absolute Gasteiger partial charge is 0.241 e. The quantitative estimate of drug-likeness (QED) is 0.278. The summed E-state index contributed by atoms with van der Waals surface area (Å²) < 4.78 is 29.3. The lowest BCUT2D eigenvalue weighted by Gasteiger charge is -2.25. The van der Waals surface area contributed by atoms with Crippen LogP contribution in [-0.4, -0.2) is 30.5 Å².